The van der Waals surface area contributed by atoms with Gasteiger partial charge in [0.1, 0.15) is 11.9 Å². The molecule has 34 heavy (non-hydrogen) atoms. The van der Waals surface area contributed by atoms with Crippen molar-refractivity contribution in [3.05, 3.63) is 23.5 Å². The molecule has 4 N–H and O–H groups in total. The number of nitrogens with zero attached hydrogens (tertiary/aromatic N) is 5. The number of hydrogen-bond acceptors (Lipinski definition) is 8. The van der Waals surface area contributed by atoms with Crippen molar-refractivity contribution in [1.29, 1.82) is 0 Å². The highest BCUT2D eigenvalue weighted by Crippen LogP contribution is 2.35. The Balaban J connectivity index is 1.22. The fourth-order valence-corrected chi connectivity index (χ4v) is 7.47. The van der Waals surface area contributed by atoms with Crippen LogP contribution in [-0.4, -0.2) is 74.2 Å². The molecule has 9 nitrogen and oxygen atoms in total. The molecule has 0 saturated carbocycles. The second kappa shape index (κ2) is 9.29. The number of amides is 1. The maximum atomic E-state index is 13.6. The number of piperidine rings is 1. The third-order valence-corrected chi connectivity index (χ3v) is 9.44. The SMILES string of the molecule is Cc1cn2nc([C@@H]3CCCCN3C(=O)C3CC(C4CCCS4)NN3)cc2nc1N1CC[C@H](N)C1. The first kappa shape index (κ1) is 22.6. The van der Waals surface area contributed by atoms with Gasteiger partial charge in [0.25, 0.3) is 0 Å². The number of likely N-dealkylation sites (tertiary alicyclic amines) is 1. The van der Waals surface area contributed by atoms with Crippen LogP contribution in [0.5, 0.6) is 0 Å². The highest BCUT2D eigenvalue weighted by Gasteiger charge is 2.40. The average Bonchev–Trinajstić information content (AvgIpc) is 3.64. The smallest absolute Gasteiger partial charge is 0.241 e. The molecule has 0 radical (unpaired) electrons. The lowest BCUT2D eigenvalue weighted by Crippen LogP contribution is -2.48. The van der Waals surface area contributed by atoms with Crippen molar-refractivity contribution >= 4 is 29.1 Å². The molecule has 3 unspecified atom stereocenters. The third kappa shape index (κ3) is 4.19. The summed E-state index contributed by atoms with van der Waals surface area (Å²) < 4.78 is 1.88. The maximum Gasteiger partial charge on any atom is 0.241 e. The normalized spacial score (nSPS) is 32.2. The second-order valence-corrected chi connectivity index (χ2v) is 11.7. The molecule has 0 spiro atoms. The Bertz CT molecular complexity index is 1050. The predicted molar refractivity (Wildman–Crippen MR) is 135 cm³/mol. The number of carbonyl (C=O) groups excluding carboxylic acids is 1. The van der Waals surface area contributed by atoms with Crippen LogP contribution in [0.25, 0.3) is 5.65 Å². The summed E-state index contributed by atoms with van der Waals surface area (Å²) in [4.78, 5) is 22.9. The Labute approximate surface area is 205 Å². The van der Waals surface area contributed by atoms with Gasteiger partial charge in [0.05, 0.1) is 11.7 Å². The number of nitrogens with two attached hydrogens (primary N) is 1. The standard InChI is InChI=1S/C24H36N8OS/c1-15-13-32-22(26-23(15)30-9-7-16(25)14-30)12-17(29-32)20-5-2-3-8-31(20)24(33)19-11-18(27-28-19)21-6-4-10-34-21/h12-13,16,18-21,27-28H,2-11,14,25H2,1H3/t16-,18?,19?,20-,21?/m0/s1. The van der Waals surface area contributed by atoms with E-state index in [2.05, 4.69) is 39.8 Å². The van der Waals surface area contributed by atoms with Crippen molar-refractivity contribution in [1.82, 2.24) is 30.3 Å². The van der Waals surface area contributed by atoms with Gasteiger partial charge in [0.2, 0.25) is 5.91 Å². The number of aryl methyl sites for hydroxylation is 1. The largest absolute Gasteiger partial charge is 0.355 e. The molecule has 10 heteroatoms. The fourth-order valence-electron chi connectivity index (χ4n) is 6.09. The van der Waals surface area contributed by atoms with Crippen LogP contribution in [0.2, 0.25) is 0 Å². The summed E-state index contributed by atoms with van der Waals surface area (Å²) in [6, 6.07) is 2.52. The van der Waals surface area contributed by atoms with Crippen LogP contribution in [0.4, 0.5) is 5.82 Å². The summed E-state index contributed by atoms with van der Waals surface area (Å²) in [5.41, 5.74) is 15.8. The average molecular weight is 485 g/mol. The van der Waals surface area contributed by atoms with Gasteiger partial charge >= 0.3 is 0 Å². The van der Waals surface area contributed by atoms with Gasteiger partial charge in [-0.25, -0.2) is 14.9 Å². The summed E-state index contributed by atoms with van der Waals surface area (Å²) in [7, 11) is 0. The van der Waals surface area contributed by atoms with Gasteiger partial charge in [-0.3, -0.25) is 10.2 Å². The molecule has 4 fully saturated rings. The zero-order valence-electron chi connectivity index (χ0n) is 19.9. The fraction of sp³-hybridized carbons (Fsp3) is 0.708. The number of carbonyl (C=O) groups is 1. The minimum atomic E-state index is -0.157. The van der Waals surface area contributed by atoms with Gasteiger partial charge in [-0.15, -0.1) is 0 Å². The van der Waals surface area contributed by atoms with Gasteiger partial charge in [0.15, 0.2) is 5.65 Å². The van der Waals surface area contributed by atoms with Gasteiger partial charge in [-0.1, -0.05) is 0 Å². The lowest BCUT2D eigenvalue weighted by Gasteiger charge is -2.36. The zero-order chi connectivity index (χ0) is 23.2. The minimum Gasteiger partial charge on any atom is -0.355 e. The number of aromatic nitrogens is 3. The van der Waals surface area contributed by atoms with Crippen LogP contribution in [0.15, 0.2) is 12.3 Å². The van der Waals surface area contributed by atoms with E-state index in [0.29, 0.717) is 11.3 Å². The van der Waals surface area contributed by atoms with Crippen molar-refractivity contribution in [2.75, 3.05) is 30.3 Å². The van der Waals surface area contributed by atoms with Crippen LogP contribution in [0.1, 0.15) is 62.2 Å². The third-order valence-electron chi connectivity index (χ3n) is 7.92. The maximum absolute atomic E-state index is 13.6. The van der Waals surface area contributed by atoms with Crippen molar-refractivity contribution in [2.24, 2.45) is 5.73 Å². The van der Waals surface area contributed by atoms with E-state index < -0.39 is 0 Å². The van der Waals surface area contributed by atoms with E-state index in [-0.39, 0.29) is 24.0 Å². The Kier molecular flexibility index (Phi) is 6.17. The Hall–Kier alpha value is -1.88. The van der Waals surface area contributed by atoms with E-state index in [0.717, 1.165) is 74.5 Å². The van der Waals surface area contributed by atoms with E-state index in [1.165, 1.54) is 18.6 Å². The summed E-state index contributed by atoms with van der Waals surface area (Å²) >= 11 is 2.04. The Morgan fingerprint density at radius 2 is 2.09 bits per heavy atom. The highest BCUT2D eigenvalue weighted by molar-refractivity contribution is 8.00. The van der Waals surface area contributed by atoms with Crippen LogP contribution < -0.4 is 21.5 Å². The van der Waals surface area contributed by atoms with Crippen molar-refractivity contribution in [2.45, 2.75) is 81.3 Å². The molecule has 2 aromatic rings. The lowest BCUT2D eigenvalue weighted by atomic mass is 9.97. The minimum absolute atomic E-state index is 0.00798. The van der Waals surface area contributed by atoms with Crippen molar-refractivity contribution < 1.29 is 4.79 Å². The molecule has 0 bridgehead atoms. The highest BCUT2D eigenvalue weighted by atomic mass is 32.2. The molecule has 4 saturated heterocycles. The number of thioether (sulfide) groups is 1. The molecule has 6 heterocycles. The first-order valence-corrected chi connectivity index (χ1v) is 13.9. The topological polar surface area (TPSA) is 104 Å². The Morgan fingerprint density at radius 3 is 2.88 bits per heavy atom. The second-order valence-electron chi connectivity index (χ2n) is 10.4. The molecular weight excluding hydrogens is 448 g/mol. The molecule has 4 aliphatic heterocycles. The van der Waals surface area contributed by atoms with Gasteiger partial charge in [-0.2, -0.15) is 16.9 Å². The number of hydrogen-bond donors (Lipinski definition) is 3. The molecule has 5 atom stereocenters. The lowest BCUT2D eigenvalue weighted by molar-refractivity contribution is -0.137. The molecule has 2 aromatic heterocycles. The zero-order valence-corrected chi connectivity index (χ0v) is 20.8. The van der Waals surface area contributed by atoms with Gasteiger partial charge in [-0.05, 0) is 57.6 Å². The first-order valence-electron chi connectivity index (χ1n) is 12.9. The van der Waals surface area contributed by atoms with Crippen LogP contribution in [0, 0.1) is 6.92 Å². The first-order chi connectivity index (χ1) is 16.6. The van der Waals surface area contributed by atoms with Crippen LogP contribution >= 0.6 is 11.8 Å². The number of anilines is 1. The van der Waals surface area contributed by atoms with Crippen molar-refractivity contribution in [3.8, 4) is 0 Å². The summed E-state index contributed by atoms with van der Waals surface area (Å²) in [5, 5.41) is 5.51. The van der Waals surface area contributed by atoms with Gasteiger partial charge in [0, 0.05) is 54.8 Å². The quantitative estimate of drug-likeness (QED) is 0.603. The molecule has 1 amide bonds. The van der Waals surface area contributed by atoms with Gasteiger partial charge < -0.3 is 15.5 Å². The Morgan fingerprint density at radius 1 is 1.18 bits per heavy atom. The summed E-state index contributed by atoms with van der Waals surface area (Å²) in [6.07, 6.45) is 9.58. The molecular formula is C24H36N8OS. The molecule has 4 aliphatic rings. The van der Waals surface area contributed by atoms with E-state index in [9.17, 15) is 4.79 Å². The molecule has 0 aromatic carbocycles. The van der Waals surface area contributed by atoms with E-state index >= 15 is 0 Å². The number of rotatable bonds is 4. The summed E-state index contributed by atoms with van der Waals surface area (Å²) in [5.74, 6) is 2.44. The molecule has 0 aliphatic carbocycles. The summed E-state index contributed by atoms with van der Waals surface area (Å²) in [6.45, 7) is 4.67. The van der Waals surface area contributed by atoms with E-state index in [4.69, 9.17) is 15.8 Å². The van der Waals surface area contributed by atoms with E-state index in [1.54, 1.807) is 0 Å². The van der Waals surface area contributed by atoms with Crippen LogP contribution in [-0.2, 0) is 4.79 Å². The van der Waals surface area contributed by atoms with E-state index in [1.807, 2.05) is 16.3 Å². The van der Waals surface area contributed by atoms with Crippen molar-refractivity contribution in [3.63, 3.8) is 0 Å². The number of nitrogens with one attached hydrogen (secondary N) is 2. The van der Waals surface area contributed by atoms with Crippen LogP contribution in [0.3, 0.4) is 0 Å². The number of hydrazine groups is 1. The number of fused-ring (bicyclic) bond motifs is 1. The molecule has 6 rings (SSSR count). The molecule has 184 valence electrons. The predicted octanol–water partition coefficient (Wildman–Crippen LogP) is 1.76. The monoisotopic (exact) mass is 484 g/mol.